The van der Waals surface area contributed by atoms with E-state index in [2.05, 4.69) is 10.1 Å². The number of hydrogen-bond donors (Lipinski definition) is 1. The summed E-state index contributed by atoms with van der Waals surface area (Å²) in [7, 11) is 1.66. The van der Waals surface area contributed by atoms with Crippen LogP contribution >= 0.6 is 0 Å². The van der Waals surface area contributed by atoms with Gasteiger partial charge in [0.2, 0.25) is 0 Å². The minimum absolute atomic E-state index is 0.105. The Bertz CT molecular complexity index is 269. The number of methoxy groups -OCH3 is 1. The first-order chi connectivity index (χ1) is 9.97. The summed E-state index contributed by atoms with van der Waals surface area (Å²) in [6.07, 6.45) is -0.868. The topological polar surface area (TPSA) is 39.7 Å². The van der Waals surface area contributed by atoms with Gasteiger partial charge >= 0.3 is 6.18 Å². The summed E-state index contributed by atoms with van der Waals surface area (Å²) in [5, 5.41) is 3.36. The summed E-state index contributed by atoms with van der Waals surface area (Å²) < 4.78 is 51.0. The average Bonchev–Trinajstić information content (AvgIpc) is 2.43. The molecule has 0 unspecified atom stereocenters. The van der Waals surface area contributed by atoms with Crippen LogP contribution < -0.4 is 5.32 Å². The molecule has 1 aliphatic rings. The smallest absolute Gasteiger partial charge is 0.383 e. The predicted molar refractivity (Wildman–Crippen MR) is 73.3 cm³/mol. The van der Waals surface area contributed by atoms with E-state index < -0.39 is 12.8 Å². The molecule has 0 amide bonds. The second-order valence-electron chi connectivity index (χ2n) is 5.55. The maximum absolute atomic E-state index is 12.0. The van der Waals surface area contributed by atoms with Crippen LogP contribution in [0.15, 0.2) is 0 Å². The van der Waals surface area contributed by atoms with Crippen molar-refractivity contribution in [2.24, 2.45) is 5.41 Å². The molecule has 126 valence electrons. The molecule has 0 aromatic carbocycles. The van der Waals surface area contributed by atoms with Crippen molar-refractivity contribution >= 4 is 0 Å². The van der Waals surface area contributed by atoms with Crippen LogP contribution in [0.25, 0.3) is 0 Å². The fourth-order valence-corrected chi connectivity index (χ4v) is 2.58. The highest BCUT2D eigenvalue weighted by Gasteiger charge is 2.32. The second-order valence-corrected chi connectivity index (χ2v) is 5.55. The third-order valence-electron chi connectivity index (χ3n) is 3.80. The molecule has 1 rings (SSSR count). The van der Waals surface area contributed by atoms with Crippen LogP contribution in [-0.2, 0) is 14.2 Å². The van der Waals surface area contributed by atoms with Gasteiger partial charge in [0.1, 0.15) is 6.61 Å². The Hall–Kier alpha value is -0.370. The average molecular weight is 313 g/mol. The van der Waals surface area contributed by atoms with Crippen LogP contribution in [0.5, 0.6) is 0 Å². The monoisotopic (exact) mass is 313 g/mol. The van der Waals surface area contributed by atoms with Crippen LogP contribution in [0.4, 0.5) is 13.2 Å². The fraction of sp³-hybridized carbons (Fsp3) is 1.00. The third kappa shape index (κ3) is 8.60. The van der Waals surface area contributed by atoms with E-state index in [4.69, 9.17) is 9.47 Å². The van der Waals surface area contributed by atoms with E-state index in [1.54, 1.807) is 7.11 Å². The molecule has 1 heterocycles. The molecule has 1 fully saturated rings. The molecule has 0 radical (unpaired) electrons. The van der Waals surface area contributed by atoms with Gasteiger partial charge in [-0.2, -0.15) is 13.2 Å². The largest absolute Gasteiger partial charge is 0.411 e. The van der Waals surface area contributed by atoms with Gasteiger partial charge in [-0.25, -0.2) is 0 Å². The predicted octanol–water partition coefficient (Wildman–Crippen LogP) is 2.38. The van der Waals surface area contributed by atoms with Crippen molar-refractivity contribution in [2.45, 2.75) is 31.9 Å². The first kappa shape index (κ1) is 18.7. The minimum atomic E-state index is -4.24. The Morgan fingerprint density at radius 2 is 1.90 bits per heavy atom. The lowest BCUT2D eigenvalue weighted by Gasteiger charge is -2.37. The summed E-state index contributed by atoms with van der Waals surface area (Å²) in [5.74, 6) is 0. The molecular formula is C14H26F3NO3. The lowest BCUT2D eigenvalue weighted by atomic mass is 9.76. The SMILES string of the molecule is COCCNCC1(CCCOCC(F)(F)F)CCOCC1. The Kier molecular flexibility index (Phi) is 8.55. The zero-order chi connectivity index (χ0) is 15.6. The van der Waals surface area contributed by atoms with Gasteiger partial charge in [0.05, 0.1) is 6.61 Å². The summed E-state index contributed by atoms with van der Waals surface area (Å²) in [6.45, 7) is 2.71. The van der Waals surface area contributed by atoms with Crippen molar-refractivity contribution in [2.75, 3.05) is 53.2 Å². The van der Waals surface area contributed by atoms with Crippen molar-refractivity contribution in [3.63, 3.8) is 0 Å². The quantitative estimate of drug-likeness (QED) is 0.629. The molecule has 4 nitrogen and oxygen atoms in total. The van der Waals surface area contributed by atoms with Crippen molar-refractivity contribution < 1.29 is 27.4 Å². The van der Waals surface area contributed by atoms with Crippen LogP contribution in [0.2, 0.25) is 0 Å². The van der Waals surface area contributed by atoms with Crippen LogP contribution in [-0.4, -0.2) is 59.4 Å². The molecule has 1 saturated heterocycles. The molecule has 0 aliphatic carbocycles. The van der Waals surface area contributed by atoms with Gasteiger partial charge in [0.15, 0.2) is 0 Å². The van der Waals surface area contributed by atoms with Crippen molar-refractivity contribution in [3.05, 3.63) is 0 Å². The highest BCUT2D eigenvalue weighted by atomic mass is 19.4. The van der Waals surface area contributed by atoms with E-state index in [0.29, 0.717) is 13.0 Å². The molecule has 7 heteroatoms. The van der Waals surface area contributed by atoms with E-state index in [1.807, 2.05) is 0 Å². The van der Waals surface area contributed by atoms with Gasteiger partial charge in [-0.3, -0.25) is 0 Å². The molecule has 1 aliphatic heterocycles. The Morgan fingerprint density at radius 1 is 1.19 bits per heavy atom. The van der Waals surface area contributed by atoms with Gasteiger partial charge < -0.3 is 19.5 Å². The van der Waals surface area contributed by atoms with Crippen molar-refractivity contribution in [3.8, 4) is 0 Å². The van der Waals surface area contributed by atoms with Gasteiger partial charge in [0, 0.05) is 40.0 Å². The lowest BCUT2D eigenvalue weighted by molar-refractivity contribution is -0.174. The molecule has 1 N–H and O–H groups in total. The van der Waals surface area contributed by atoms with E-state index in [1.165, 1.54) is 0 Å². The van der Waals surface area contributed by atoms with Crippen LogP contribution in [0.1, 0.15) is 25.7 Å². The number of ether oxygens (including phenoxy) is 3. The number of alkyl halides is 3. The first-order valence-electron chi connectivity index (χ1n) is 7.39. The first-order valence-corrected chi connectivity index (χ1v) is 7.39. The number of halogens is 3. The molecule has 21 heavy (non-hydrogen) atoms. The van der Waals surface area contributed by atoms with Gasteiger partial charge in [0.25, 0.3) is 0 Å². The zero-order valence-electron chi connectivity index (χ0n) is 12.6. The number of nitrogens with one attached hydrogen (secondary N) is 1. The van der Waals surface area contributed by atoms with E-state index in [9.17, 15) is 13.2 Å². The van der Waals surface area contributed by atoms with Gasteiger partial charge in [-0.1, -0.05) is 0 Å². The number of rotatable bonds is 10. The molecule has 0 aromatic rings. The third-order valence-corrected chi connectivity index (χ3v) is 3.80. The molecule has 0 aromatic heterocycles. The Morgan fingerprint density at radius 3 is 2.52 bits per heavy atom. The van der Waals surface area contributed by atoms with E-state index in [-0.39, 0.29) is 12.0 Å². The molecule has 0 saturated carbocycles. The maximum atomic E-state index is 12.0. The normalized spacial score (nSPS) is 18.9. The maximum Gasteiger partial charge on any atom is 0.411 e. The second kappa shape index (κ2) is 9.61. The zero-order valence-corrected chi connectivity index (χ0v) is 12.6. The molecule has 0 spiro atoms. The Balaban J connectivity index is 2.25. The summed E-state index contributed by atoms with van der Waals surface area (Å²) in [5.41, 5.74) is 0.105. The van der Waals surface area contributed by atoms with Crippen molar-refractivity contribution in [1.82, 2.24) is 5.32 Å². The van der Waals surface area contributed by atoms with Gasteiger partial charge in [-0.05, 0) is 31.1 Å². The minimum Gasteiger partial charge on any atom is -0.383 e. The molecule has 0 bridgehead atoms. The summed E-state index contributed by atoms with van der Waals surface area (Å²) in [4.78, 5) is 0. The van der Waals surface area contributed by atoms with Crippen LogP contribution in [0.3, 0.4) is 0 Å². The van der Waals surface area contributed by atoms with E-state index >= 15 is 0 Å². The summed E-state index contributed by atoms with van der Waals surface area (Å²) >= 11 is 0. The molecule has 0 atom stereocenters. The van der Waals surface area contributed by atoms with Crippen LogP contribution in [0, 0.1) is 5.41 Å². The van der Waals surface area contributed by atoms with Crippen molar-refractivity contribution in [1.29, 1.82) is 0 Å². The highest BCUT2D eigenvalue weighted by molar-refractivity contribution is 4.84. The highest BCUT2D eigenvalue weighted by Crippen LogP contribution is 2.34. The lowest BCUT2D eigenvalue weighted by Crippen LogP contribution is -2.40. The Labute approximate surface area is 124 Å². The number of hydrogen-bond acceptors (Lipinski definition) is 4. The summed E-state index contributed by atoms with van der Waals surface area (Å²) in [6, 6.07) is 0. The fourth-order valence-electron chi connectivity index (χ4n) is 2.58. The standard InChI is InChI=1S/C14H26F3NO3/c1-19-10-6-18-11-13(4-8-20-9-5-13)3-2-7-21-12-14(15,16)17/h18H,2-12H2,1H3. The van der Waals surface area contributed by atoms with E-state index in [0.717, 1.165) is 45.6 Å². The van der Waals surface area contributed by atoms with Gasteiger partial charge in [-0.15, -0.1) is 0 Å². The molecular weight excluding hydrogens is 287 g/mol.